The predicted octanol–water partition coefficient (Wildman–Crippen LogP) is 0.209. The summed E-state index contributed by atoms with van der Waals surface area (Å²) in [4.78, 5) is 13.3. The van der Waals surface area contributed by atoms with Crippen LogP contribution in [0.1, 0.15) is 0 Å². The minimum atomic E-state index is -2.70. The number of hydrogen-bond acceptors (Lipinski definition) is 4. The summed E-state index contributed by atoms with van der Waals surface area (Å²) in [6.07, 6.45) is 3.50. The summed E-state index contributed by atoms with van der Waals surface area (Å²) in [7, 11) is -2.70. The topological polar surface area (TPSA) is 102 Å². The maximum Gasteiger partial charge on any atom is 0.353 e. The van der Waals surface area contributed by atoms with E-state index in [0.717, 1.165) is 0 Å². The van der Waals surface area contributed by atoms with Crippen molar-refractivity contribution >= 4 is 16.5 Å². The van der Waals surface area contributed by atoms with Crippen LogP contribution in [0.5, 0.6) is 0 Å². The van der Waals surface area contributed by atoms with Crippen LogP contribution in [0.2, 0.25) is 0 Å². The van der Waals surface area contributed by atoms with Crippen LogP contribution in [-0.2, 0) is 10.5 Å². The van der Waals surface area contributed by atoms with Crippen molar-refractivity contribution in [3.63, 3.8) is 0 Å². The fourth-order valence-electron chi connectivity index (χ4n) is 0.386. The number of nitrogens with two attached hydrogens (primary N) is 1. The van der Waals surface area contributed by atoms with Gasteiger partial charge in [-0.25, -0.2) is 4.79 Å². The number of primary amides is 1. The molecule has 0 saturated heterocycles. The Morgan fingerprint density at radius 2 is 1.77 bits per heavy atom. The lowest BCUT2D eigenvalue weighted by Gasteiger charge is -1.70. The molecule has 2 amide bonds. The molecule has 0 radical (unpaired) electrons. The molecule has 1 heterocycles. The number of hydrogen-bond donors (Lipinski definition) is 1. The minimum absolute atomic E-state index is 1.20. The lowest BCUT2D eigenvalue weighted by molar-refractivity contribution is 0.257. The number of urea groups is 1. The van der Waals surface area contributed by atoms with Gasteiger partial charge in [0.15, 0.2) is 0 Å². The van der Waals surface area contributed by atoms with E-state index >= 15 is 0 Å². The molecule has 6 nitrogen and oxygen atoms in total. The first kappa shape index (κ1) is 11.2. The van der Waals surface area contributed by atoms with Gasteiger partial charge in [0, 0.05) is 12.4 Å². The molecule has 13 heavy (non-hydrogen) atoms. The van der Waals surface area contributed by atoms with Gasteiger partial charge in [0.2, 0.25) is 0 Å². The molecule has 1 aromatic heterocycles. The van der Waals surface area contributed by atoms with E-state index in [-0.39, 0.29) is 0 Å². The van der Waals surface area contributed by atoms with Gasteiger partial charge in [0.25, 0.3) is 0 Å². The van der Waals surface area contributed by atoms with Crippen molar-refractivity contribution in [1.82, 2.24) is 4.98 Å². The van der Waals surface area contributed by atoms with Crippen molar-refractivity contribution < 1.29 is 13.2 Å². The first-order valence-corrected chi connectivity index (χ1v) is 4.11. The van der Waals surface area contributed by atoms with Gasteiger partial charge in [-0.3, -0.25) is 4.98 Å². The van der Waals surface area contributed by atoms with Gasteiger partial charge in [-0.15, -0.1) is 0 Å². The van der Waals surface area contributed by atoms with Crippen molar-refractivity contribution in [3.8, 4) is 0 Å². The molecule has 1 aromatic rings. The molecule has 0 spiro atoms. The van der Waals surface area contributed by atoms with Gasteiger partial charge in [-0.05, 0) is 12.1 Å². The Kier molecular flexibility index (Phi) is 5.98. The van der Waals surface area contributed by atoms with E-state index in [4.69, 9.17) is 0 Å². The lowest BCUT2D eigenvalue weighted by atomic mass is 10.5. The molecule has 7 heteroatoms. The SMILES string of the molecule is NC(=O)N=S(=O)=O.c1ccncc1. The van der Waals surface area contributed by atoms with Crippen molar-refractivity contribution in [1.29, 1.82) is 0 Å². The maximum atomic E-state index is 9.47. The second-order valence-corrected chi connectivity index (χ2v) is 2.29. The Bertz CT molecular complexity index is 339. The zero-order valence-electron chi connectivity index (χ0n) is 6.49. The van der Waals surface area contributed by atoms with Gasteiger partial charge in [0.1, 0.15) is 0 Å². The highest BCUT2D eigenvalue weighted by Gasteiger charge is 1.80. The number of pyridine rings is 1. The third-order valence-electron chi connectivity index (χ3n) is 0.731. The quantitative estimate of drug-likeness (QED) is 0.647. The summed E-state index contributed by atoms with van der Waals surface area (Å²) in [6, 6.07) is 4.51. The van der Waals surface area contributed by atoms with E-state index in [0.29, 0.717) is 0 Å². The molecule has 0 aromatic carbocycles. The summed E-state index contributed by atoms with van der Waals surface area (Å²) in [6.45, 7) is 0. The number of rotatable bonds is 0. The Balaban J connectivity index is 0.000000223. The van der Waals surface area contributed by atoms with Crippen LogP contribution in [0.25, 0.3) is 0 Å². The lowest BCUT2D eigenvalue weighted by Crippen LogP contribution is -2.02. The largest absolute Gasteiger partial charge is 0.353 e. The van der Waals surface area contributed by atoms with Gasteiger partial charge in [-0.1, -0.05) is 10.4 Å². The van der Waals surface area contributed by atoms with Crippen molar-refractivity contribution in [2.75, 3.05) is 0 Å². The van der Waals surface area contributed by atoms with E-state index in [1.165, 1.54) is 0 Å². The molecule has 0 aliphatic rings. The highest BCUT2D eigenvalue weighted by atomic mass is 32.2. The van der Waals surface area contributed by atoms with Crippen molar-refractivity contribution in [2.45, 2.75) is 0 Å². The van der Waals surface area contributed by atoms with E-state index in [9.17, 15) is 13.2 Å². The number of aromatic nitrogens is 1. The van der Waals surface area contributed by atoms with Crippen molar-refractivity contribution in [3.05, 3.63) is 30.6 Å². The molecular weight excluding hydrogens is 194 g/mol. The van der Waals surface area contributed by atoms with E-state index in [1.807, 2.05) is 18.2 Å². The summed E-state index contributed by atoms with van der Waals surface area (Å²) >= 11 is 0. The number of carbonyl (C=O) groups is 1. The highest BCUT2D eigenvalue weighted by Crippen LogP contribution is 1.73. The fraction of sp³-hybridized carbons (Fsp3) is 0. The third kappa shape index (κ3) is 10.2. The van der Waals surface area contributed by atoms with Gasteiger partial charge in [0.05, 0.1) is 0 Å². The molecule has 0 bridgehead atoms. The number of carbonyl (C=O) groups excluding carboxylic acids is 1. The molecule has 0 aliphatic heterocycles. The second-order valence-electron chi connectivity index (χ2n) is 1.67. The van der Waals surface area contributed by atoms with Crippen LogP contribution in [0.3, 0.4) is 0 Å². The Morgan fingerprint density at radius 1 is 1.23 bits per heavy atom. The zero-order valence-corrected chi connectivity index (χ0v) is 7.31. The summed E-state index contributed by atoms with van der Waals surface area (Å²) in [5, 5.41) is 0. The minimum Gasteiger partial charge on any atom is -0.349 e. The van der Waals surface area contributed by atoms with E-state index in [2.05, 4.69) is 15.1 Å². The van der Waals surface area contributed by atoms with Crippen LogP contribution in [0.15, 0.2) is 35.0 Å². The van der Waals surface area contributed by atoms with Crippen LogP contribution in [0, 0.1) is 0 Å². The number of nitrogens with zero attached hydrogens (tertiary/aromatic N) is 2. The summed E-state index contributed by atoms with van der Waals surface area (Å²) in [5.74, 6) is 0. The van der Waals surface area contributed by atoms with Gasteiger partial charge in [-0.2, -0.15) is 8.42 Å². The third-order valence-corrected chi connectivity index (χ3v) is 1.06. The average Bonchev–Trinajstić information content (AvgIpc) is 2.06. The maximum absolute atomic E-state index is 9.47. The molecule has 0 aliphatic carbocycles. The molecule has 0 atom stereocenters. The fourth-order valence-corrected chi connectivity index (χ4v) is 0.533. The van der Waals surface area contributed by atoms with Crippen LogP contribution < -0.4 is 5.73 Å². The standard InChI is InChI=1S/C5H5N.CH2N2O3S/c1-2-4-6-5-3-1;2-1(4)3-7(5)6/h1-5H;(H2,2,4). The van der Waals surface area contributed by atoms with Crippen LogP contribution in [-0.4, -0.2) is 19.4 Å². The molecule has 70 valence electrons. The Hall–Kier alpha value is -1.76. The summed E-state index contributed by atoms with van der Waals surface area (Å²) in [5.41, 5.74) is 4.29. The highest BCUT2D eigenvalue weighted by molar-refractivity contribution is 7.62. The second kappa shape index (κ2) is 6.92. The molecular formula is C6H7N3O3S. The Morgan fingerprint density at radius 3 is 1.85 bits per heavy atom. The smallest absolute Gasteiger partial charge is 0.349 e. The predicted molar refractivity (Wildman–Crippen MR) is 45.2 cm³/mol. The average molecular weight is 201 g/mol. The van der Waals surface area contributed by atoms with Crippen LogP contribution in [0.4, 0.5) is 4.79 Å². The van der Waals surface area contributed by atoms with E-state index in [1.54, 1.807) is 12.4 Å². The normalized spacial score (nSPS) is 7.69. The van der Waals surface area contributed by atoms with Crippen LogP contribution >= 0.6 is 0 Å². The molecule has 2 N–H and O–H groups in total. The molecule has 1 rings (SSSR count). The Labute approximate surface area is 76.1 Å². The first-order valence-electron chi connectivity index (χ1n) is 3.08. The molecule has 0 fully saturated rings. The zero-order chi connectivity index (χ0) is 10.1. The molecule has 0 unspecified atom stereocenters. The number of amides is 2. The van der Waals surface area contributed by atoms with Gasteiger partial charge < -0.3 is 5.73 Å². The van der Waals surface area contributed by atoms with Crippen molar-refractivity contribution in [2.24, 2.45) is 10.1 Å². The monoisotopic (exact) mass is 201 g/mol. The molecule has 0 saturated carbocycles. The summed E-state index contributed by atoms with van der Waals surface area (Å²) < 4.78 is 21.0. The van der Waals surface area contributed by atoms with Gasteiger partial charge >= 0.3 is 16.5 Å². The first-order chi connectivity index (χ1) is 6.13. The van der Waals surface area contributed by atoms with E-state index < -0.39 is 16.5 Å².